The number of carbonyl (C=O) groups excluding carboxylic acids is 3. The number of aliphatic carboxylic acids is 1. The van der Waals surface area contributed by atoms with E-state index in [1.165, 1.54) is 11.3 Å². The Morgan fingerprint density at radius 2 is 1.82 bits per heavy atom. The van der Waals surface area contributed by atoms with Gasteiger partial charge in [0.15, 0.2) is 0 Å². The summed E-state index contributed by atoms with van der Waals surface area (Å²) >= 11 is 1.42. The lowest BCUT2D eigenvalue weighted by atomic mass is 9.62. The maximum atomic E-state index is 13.1. The molecular formula is C21H24NO5S-. The molecule has 0 aromatic carbocycles. The maximum absolute atomic E-state index is 13.1. The number of allylic oxidation sites excluding steroid dienone is 2. The highest BCUT2D eigenvalue weighted by atomic mass is 32.1. The molecule has 4 atom stereocenters. The Kier molecular flexibility index (Phi) is 5.27. The van der Waals surface area contributed by atoms with Crippen LogP contribution in [0.1, 0.15) is 53.4 Å². The van der Waals surface area contributed by atoms with Crippen LogP contribution in [0.25, 0.3) is 0 Å². The summed E-state index contributed by atoms with van der Waals surface area (Å²) in [5.41, 5.74) is 1.43. The summed E-state index contributed by atoms with van der Waals surface area (Å²) in [7, 11) is 0. The van der Waals surface area contributed by atoms with Crippen molar-refractivity contribution in [1.82, 2.24) is 0 Å². The molecule has 1 aromatic rings. The van der Waals surface area contributed by atoms with Gasteiger partial charge in [-0.1, -0.05) is 12.2 Å². The van der Waals surface area contributed by atoms with Crippen LogP contribution >= 0.6 is 11.3 Å². The van der Waals surface area contributed by atoms with Gasteiger partial charge in [-0.15, -0.1) is 11.3 Å². The number of carboxylic acids is 1. The Labute approximate surface area is 168 Å². The summed E-state index contributed by atoms with van der Waals surface area (Å²) in [6.07, 6.45) is 9.20. The van der Waals surface area contributed by atoms with Gasteiger partial charge in [-0.3, -0.25) is 4.79 Å². The quantitative estimate of drug-likeness (QED) is 0.602. The normalized spacial score (nSPS) is 27.9. The van der Waals surface area contributed by atoms with E-state index in [0.29, 0.717) is 10.6 Å². The molecule has 1 aromatic heterocycles. The van der Waals surface area contributed by atoms with Gasteiger partial charge in [0.25, 0.3) is 0 Å². The first kappa shape index (κ1) is 19.2. The lowest BCUT2D eigenvalue weighted by Crippen LogP contribution is -2.51. The average molecular weight is 402 g/mol. The summed E-state index contributed by atoms with van der Waals surface area (Å²) in [5, 5.41) is 15.1. The Hall–Kier alpha value is -2.15. The minimum atomic E-state index is -1.17. The number of fused-ring (bicyclic) bond motifs is 3. The van der Waals surface area contributed by atoms with Crippen molar-refractivity contribution in [3.05, 3.63) is 28.2 Å². The van der Waals surface area contributed by atoms with Gasteiger partial charge in [-0.2, -0.15) is 0 Å². The second-order valence-corrected chi connectivity index (χ2v) is 8.89. The number of rotatable bonds is 5. The minimum absolute atomic E-state index is 0.103. The van der Waals surface area contributed by atoms with E-state index in [-0.39, 0.29) is 24.3 Å². The van der Waals surface area contributed by atoms with Crippen molar-refractivity contribution in [3.63, 3.8) is 0 Å². The minimum Gasteiger partial charge on any atom is -0.550 e. The van der Waals surface area contributed by atoms with E-state index in [0.717, 1.165) is 49.0 Å². The number of aryl methyl sites for hydroxylation is 1. The van der Waals surface area contributed by atoms with Crippen LogP contribution in [-0.4, -0.2) is 24.5 Å². The van der Waals surface area contributed by atoms with Crippen molar-refractivity contribution in [1.29, 1.82) is 0 Å². The van der Waals surface area contributed by atoms with Gasteiger partial charge in [0.05, 0.1) is 18.1 Å². The largest absolute Gasteiger partial charge is 0.550 e. The molecule has 2 bridgehead atoms. The summed E-state index contributed by atoms with van der Waals surface area (Å²) in [5.74, 6) is -3.67. The van der Waals surface area contributed by atoms with Crippen molar-refractivity contribution in [2.24, 2.45) is 23.7 Å². The SMILES string of the molecule is CCOC(=O)c1c(NC(=O)[C@@H]2[C@@H](C(=O)[O-])[C@H]3C=C[C@@H]2CC3)sc2c1CCCC2. The first-order valence-corrected chi connectivity index (χ1v) is 10.8. The molecule has 4 aliphatic rings. The zero-order valence-electron chi connectivity index (χ0n) is 15.9. The van der Waals surface area contributed by atoms with Crippen molar-refractivity contribution in [2.45, 2.75) is 45.4 Å². The van der Waals surface area contributed by atoms with Gasteiger partial charge in [0.2, 0.25) is 5.91 Å². The topological polar surface area (TPSA) is 95.5 Å². The molecule has 1 saturated carbocycles. The average Bonchev–Trinajstić information content (AvgIpc) is 3.06. The van der Waals surface area contributed by atoms with Crippen LogP contribution in [0, 0.1) is 23.7 Å². The highest BCUT2D eigenvalue weighted by Gasteiger charge is 2.45. The zero-order valence-corrected chi connectivity index (χ0v) is 16.7. The number of hydrogen-bond acceptors (Lipinski definition) is 6. The molecule has 0 unspecified atom stereocenters. The molecular weight excluding hydrogens is 378 g/mol. The molecule has 0 radical (unpaired) electrons. The molecule has 0 saturated heterocycles. The lowest BCUT2D eigenvalue weighted by Gasteiger charge is -2.44. The van der Waals surface area contributed by atoms with E-state index in [1.54, 1.807) is 6.92 Å². The van der Waals surface area contributed by atoms with E-state index in [4.69, 9.17) is 4.74 Å². The number of amides is 1. The van der Waals surface area contributed by atoms with Crippen molar-refractivity contribution in [2.75, 3.05) is 11.9 Å². The number of carboxylic acid groups (broad SMARTS) is 1. The van der Waals surface area contributed by atoms with Gasteiger partial charge in [-0.25, -0.2) is 4.79 Å². The van der Waals surface area contributed by atoms with Crippen molar-refractivity contribution >= 4 is 34.2 Å². The number of esters is 1. The van der Waals surface area contributed by atoms with Gasteiger partial charge >= 0.3 is 5.97 Å². The monoisotopic (exact) mass is 402 g/mol. The predicted octanol–water partition coefficient (Wildman–Crippen LogP) is 2.32. The first-order valence-electron chi connectivity index (χ1n) is 10.0. The second kappa shape index (κ2) is 7.70. The third kappa shape index (κ3) is 3.26. The molecule has 4 aliphatic carbocycles. The molecule has 0 spiro atoms. The molecule has 1 N–H and O–H groups in total. The van der Waals surface area contributed by atoms with E-state index in [1.807, 2.05) is 12.2 Å². The van der Waals surface area contributed by atoms with Crippen LogP contribution in [-0.2, 0) is 27.2 Å². The van der Waals surface area contributed by atoms with Gasteiger partial charge < -0.3 is 20.0 Å². The fourth-order valence-corrected chi connectivity index (χ4v) is 6.22. The van der Waals surface area contributed by atoms with Crippen LogP contribution in [0.15, 0.2) is 12.2 Å². The van der Waals surface area contributed by atoms with Gasteiger partial charge in [-0.05, 0) is 62.8 Å². The molecule has 0 aliphatic heterocycles. The molecule has 7 heteroatoms. The fourth-order valence-electron chi connectivity index (χ4n) is 4.94. The van der Waals surface area contributed by atoms with Gasteiger partial charge in [0, 0.05) is 16.8 Å². The van der Waals surface area contributed by atoms with Crippen molar-refractivity contribution < 1.29 is 24.2 Å². The van der Waals surface area contributed by atoms with Crippen LogP contribution in [0.2, 0.25) is 0 Å². The fraction of sp³-hybridized carbons (Fsp3) is 0.571. The number of ether oxygens (including phenoxy) is 1. The zero-order chi connectivity index (χ0) is 19.8. The van der Waals surface area contributed by atoms with E-state index in [2.05, 4.69) is 5.32 Å². The molecule has 28 heavy (non-hydrogen) atoms. The Balaban J connectivity index is 1.64. The molecule has 5 rings (SSSR count). The number of nitrogens with one attached hydrogen (secondary N) is 1. The summed E-state index contributed by atoms with van der Waals surface area (Å²) < 4.78 is 5.23. The number of thiophene rings is 1. The molecule has 1 amide bonds. The first-order chi connectivity index (χ1) is 13.5. The Bertz CT molecular complexity index is 842. The maximum Gasteiger partial charge on any atom is 0.341 e. The van der Waals surface area contributed by atoms with E-state index < -0.39 is 23.8 Å². The summed E-state index contributed by atoms with van der Waals surface area (Å²) in [4.78, 5) is 38.6. The van der Waals surface area contributed by atoms with Crippen LogP contribution in [0.4, 0.5) is 5.00 Å². The summed E-state index contributed by atoms with van der Waals surface area (Å²) in [6, 6.07) is 0. The number of hydrogen-bond donors (Lipinski definition) is 1. The molecule has 150 valence electrons. The molecule has 1 heterocycles. The lowest BCUT2D eigenvalue weighted by molar-refractivity contribution is -0.316. The molecule has 1 fully saturated rings. The van der Waals surface area contributed by atoms with Crippen LogP contribution in [0.3, 0.4) is 0 Å². The Morgan fingerprint density at radius 1 is 1.14 bits per heavy atom. The highest BCUT2D eigenvalue weighted by molar-refractivity contribution is 7.17. The summed E-state index contributed by atoms with van der Waals surface area (Å²) in [6.45, 7) is 2.02. The Morgan fingerprint density at radius 3 is 2.46 bits per heavy atom. The van der Waals surface area contributed by atoms with Crippen molar-refractivity contribution in [3.8, 4) is 0 Å². The highest BCUT2D eigenvalue weighted by Crippen LogP contribution is 2.46. The van der Waals surface area contributed by atoms with E-state index >= 15 is 0 Å². The van der Waals surface area contributed by atoms with E-state index in [9.17, 15) is 19.5 Å². The third-order valence-electron chi connectivity index (χ3n) is 6.21. The predicted molar refractivity (Wildman–Crippen MR) is 103 cm³/mol. The van der Waals surface area contributed by atoms with Crippen LogP contribution < -0.4 is 10.4 Å². The van der Waals surface area contributed by atoms with Crippen LogP contribution in [0.5, 0.6) is 0 Å². The third-order valence-corrected chi connectivity index (χ3v) is 7.42. The molecule has 6 nitrogen and oxygen atoms in total. The smallest absolute Gasteiger partial charge is 0.341 e. The van der Waals surface area contributed by atoms with Gasteiger partial charge in [0.1, 0.15) is 5.00 Å². The number of carbonyl (C=O) groups is 3. The second-order valence-electron chi connectivity index (χ2n) is 7.79. The standard InChI is InChI=1S/C21H25NO5S/c1-2-27-21(26)17-13-5-3-4-6-14(13)28-19(17)22-18(23)15-11-7-9-12(10-8-11)16(15)20(24)25/h7,9,11-12,15-16H,2-6,8,10H2,1H3,(H,22,23)(H,24,25)/p-1/t11-,12+,15+,16+/m1/s1. The number of anilines is 1.